The number of benzene rings is 1. The van der Waals surface area contributed by atoms with Crippen molar-refractivity contribution in [1.82, 2.24) is 5.31 Å². The number of ether oxygens (including phenoxy) is 1. The van der Waals surface area contributed by atoms with E-state index in [0.29, 0.717) is 6.54 Å². The first kappa shape index (κ1) is 16.5. The van der Waals surface area contributed by atoms with Gasteiger partial charge in [0.2, 0.25) is 0 Å². The molecule has 2 aliphatic rings. The van der Waals surface area contributed by atoms with E-state index in [-0.39, 0.29) is 11.0 Å². The number of thiophene rings is 1. The fraction of sp³-hybridized carbons (Fsp3) is 0.524. The highest BCUT2D eigenvalue weighted by Crippen LogP contribution is 2.55. The van der Waals surface area contributed by atoms with Crippen molar-refractivity contribution >= 4 is 27.3 Å². The van der Waals surface area contributed by atoms with Crippen LogP contribution in [0, 0.1) is 5.41 Å². The van der Waals surface area contributed by atoms with E-state index in [2.05, 4.69) is 73.1 Å². The van der Waals surface area contributed by atoms with Gasteiger partial charge in [-0.2, -0.15) is 0 Å². The first-order chi connectivity index (χ1) is 12.3. The number of hydrogen-bond acceptors (Lipinski definition) is 3. The van der Waals surface area contributed by atoms with Crippen LogP contribution in [0.3, 0.4) is 0 Å². The Labute approximate surface area is 164 Å². The standard InChI is InChI=1S/C21H26BrNOS/c1-19(2,3)21(16-7-5-4-6-8-16)14-20(10-11-23-21)18-15(9-12-24-20)13-17(22)25-18/h4-8,13,23H,9-12,14H2,1-3H3/i/hD. The van der Waals surface area contributed by atoms with Gasteiger partial charge in [0.25, 0.3) is 0 Å². The Morgan fingerprint density at radius 3 is 2.76 bits per heavy atom. The highest BCUT2D eigenvalue weighted by atomic mass is 79.9. The summed E-state index contributed by atoms with van der Waals surface area (Å²) in [6, 6.07) is 12.9. The molecule has 1 fully saturated rings. The molecule has 4 heteroatoms. The summed E-state index contributed by atoms with van der Waals surface area (Å²) in [7, 11) is 0. The van der Waals surface area contributed by atoms with Crippen molar-refractivity contribution in [2.24, 2.45) is 5.41 Å². The lowest BCUT2D eigenvalue weighted by molar-refractivity contribution is -0.120. The topological polar surface area (TPSA) is 21.3 Å². The maximum absolute atomic E-state index is 8.93. The van der Waals surface area contributed by atoms with Gasteiger partial charge in [0.05, 0.1) is 15.9 Å². The fourth-order valence-electron chi connectivity index (χ4n) is 4.53. The van der Waals surface area contributed by atoms with Gasteiger partial charge in [0, 0.05) is 11.3 Å². The number of halogens is 1. The second-order valence-electron chi connectivity index (χ2n) is 8.28. The smallest absolute Gasteiger partial charge is 0.123 e. The summed E-state index contributed by atoms with van der Waals surface area (Å²) in [5.41, 5.74) is 1.86. The highest BCUT2D eigenvalue weighted by molar-refractivity contribution is 9.11. The summed E-state index contributed by atoms with van der Waals surface area (Å²) in [5, 5.41) is 1.83. The molecule has 1 spiro atoms. The first-order valence-electron chi connectivity index (χ1n) is 9.48. The second-order valence-corrected chi connectivity index (χ2v) is 10.7. The zero-order valence-corrected chi connectivity index (χ0v) is 17.5. The van der Waals surface area contributed by atoms with Crippen molar-refractivity contribution in [3.63, 3.8) is 0 Å². The van der Waals surface area contributed by atoms with Crippen molar-refractivity contribution in [1.29, 1.82) is 0 Å². The predicted octanol–water partition coefficient (Wildman–Crippen LogP) is 5.60. The fourth-order valence-corrected chi connectivity index (χ4v) is 6.40. The van der Waals surface area contributed by atoms with Gasteiger partial charge in [-0.25, -0.2) is 0 Å². The monoisotopic (exact) mass is 420 g/mol. The molecule has 1 saturated heterocycles. The molecule has 1 aromatic heterocycles. The minimum Gasteiger partial charge on any atom is -0.369 e. The molecule has 1 aromatic carbocycles. The third-order valence-corrected chi connectivity index (χ3v) is 7.74. The van der Waals surface area contributed by atoms with E-state index in [1.54, 1.807) is 0 Å². The summed E-state index contributed by atoms with van der Waals surface area (Å²) < 4.78 is 16.7. The van der Waals surface area contributed by atoms with Crippen molar-refractivity contribution < 1.29 is 6.15 Å². The molecule has 134 valence electrons. The summed E-state index contributed by atoms with van der Waals surface area (Å²) in [4.78, 5) is 1.37. The van der Waals surface area contributed by atoms with E-state index in [0.717, 1.165) is 25.9 Å². The van der Waals surface area contributed by atoms with Crippen LogP contribution in [-0.2, 0) is 22.3 Å². The number of hydrogen-bond donors (Lipinski definition) is 1. The minimum absolute atomic E-state index is 0.0982. The van der Waals surface area contributed by atoms with Crippen LogP contribution >= 0.6 is 27.3 Å². The molecule has 2 aromatic rings. The minimum atomic E-state index is -0.391. The Bertz CT molecular complexity index is 802. The van der Waals surface area contributed by atoms with Crippen LogP contribution in [0.5, 0.6) is 0 Å². The molecule has 2 nitrogen and oxygen atoms in total. The van der Waals surface area contributed by atoms with Gasteiger partial charge in [-0.1, -0.05) is 51.1 Å². The predicted molar refractivity (Wildman–Crippen MR) is 108 cm³/mol. The van der Waals surface area contributed by atoms with E-state index >= 15 is 0 Å². The quantitative estimate of drug-likeness (QED) is 0.647. The SMILES string of the molecule is [2H]N1CCC2(CC1(c1ccccc1)C(C)(C)C)OCCc1cc(Br)sc12. The molecule has 2 aliphatic heterocycles. The Balaban J connectivity index is 1.88. The summed E-state index contributed by atoms with van der Waals surface area (Å²) in [6.07, 6.45) is 2.68. The maximum atomic E-state index is 8.93. The van der Waals surface area contributed by atoms with Crippen LogP contribution in [0.2, 0.25) is 1.41 Å². The Kier molecular flexibility index (Phi) is 4.08. The summed E-state index contributed by atoms with van der Waals surface area (Å²) in [5.74, 6) is 0. The van der Waals surface area contributed by atoms with Gasteiger partial charge in [-0.3, -0.25) is 0 Å². The Hall–Kier alpha value is -0.680. The van der Waals surface area contributed by atoms with Crippen molar-refractivity contribution in [2.45, 2.75) is 51.2 Å². The zero-order valence-electron chi connectivity index (χ0n) is 16.1. The second kappa shape index (κ2) is 6.19. The first-order valence-corrected chi connectivity index (χ1v) is 10.6. The number of rotatable bonds is 1. The molecule has 1 N–H and O–H groups in total. The summed E-state index contributed by atoms with van der Waals surface area (Å²) in [6.45, 7) is 8.25. The zero-order chi connectivity index (χ0) is 18.6. The van der Waals surface area contributed by atoms with Crippen LogP contribution in [-0.4, -0.2) is 13.2 Å². The van der Waals surface area contributed by atoms with Crippen molar-refractivity contribution in [3.05, 3.63) is 56.2 Å². The molecule has 0 aliphatic carbocycles. The van der Waals surface area contributed by atoms with E-state index in [9.17, 15) is 0 Å². The molecular formula is C21H26BrNOS. The van der Waals surface area contributed by atoms with Gasteiger partial charge in [0.1, 0.15) is 7.01 Å². The van der Waals surface area contributed by atoms with Crippen LogP contribution in [0.4, 0.5) is 0 Å². The van der Waals surface area contributed by atoms with Gasteiger partial charge in [-0.05, 0) is 57.9 Å². The lowest BCUT2D eigenvalue weighted by Crippen LogP contribution is -2.61. The van der Waals surface area contributed by atoms with Crippen LogP contribution in [0.1, 0.15) is 49.6 Å². The van der Waals surface area contributed by atoms with Crippen molar-refractivity contribution in [2.75, 3.05) is 13.2 Å². The molecule has 25 heavy (non-hydrogen) atoms. The molecule has 0 saturated carbocycles. The number of piperidine rings is 1. The van der Waals surface area contributed by atoms with E-state index < -0.39 is 5.54 Å². The lowest BCUT2D eigenvalue weighted by atomic mass is 9.61. The number of nitrogens with one attached hydrogen (secondary N) is 1. The largest absolute Gasteiger partial charge is 0.369 e. The normalized spacial score (nSPS) is 31.0. The Morgan fingerprint density at radius 2 is 2.04 bits per heavy atom. The van der Waals surface area contributed by atoms with Crippen molar-refractivity contribution in [3.8, 4) is 0 Å². The number of fused-ring (bicyclic) bond motifs is 2. The van der Waals surface area contributed by atoms with Crippen LogP contribution in [0.15, 0.2) is 40.2 Å². The molecule has 0 amide bonds. The van der Waals surface area contributed by atoms with Gasteiger partial charge in [0.15, 0.2) is 0 Å². The highest BCUT2D eigenvalue weighted by Gasteiger charge is 2.54. The molecule has 0 bridgehead atoms. The van der Waals surface area contributed by atoms with E-state index in [1.807, 2.05) is 16.6 Å². The molecule has 3 heterocycles. The van der Waals surface area contributed by atoms with Gasteiger partial charge >= 0.3 is 0 Å². The van der Waals surface area contributed by atoms with Gasteiger partial charge in [-0.15, -0.1) is 11.3 Å². The lowest BCUT2D eigenvalue weighted by Gasteiger charge is -2.55. The van der Waals surface area contributed by atoms with E-state index in [4.69, 9.17) is 6.15 Å². The van der Waals surface area contributed by atoms with Crippen LogP contribution < -0.4 is 5.31 Å². The van der Waals surface area contributed by atoms with Crippen LogP contribution in [0.25, 0.3) is 0 Å². The average molecular weight is 421 g/mol. The third-order valence-electron chi connectivity index (χ3n) is 5.87. The molecule has 2 atom stereocenters. The molecule has 0 radical (unpaired) electrons. The maximum Gasteiger partial charge on any atom is 0.123 e. The summed E-state index contributed by atoms with van der Waals surface area (Å²) >= 11 is 5.50. The third kappa shape index (κ3) is 2.82. The van der Waals surface area contributed by atoms with E-state index in [1.165, 1.54) is 19.8 Å². The van der Waals surface area contributed by atoms with Gasteiger partial charge < -0.3 is 10.0 Å². The average Bonchev–Trinajstić information content (AvgIpc) is 2.99. The Morgan fingerprint density at radius 1 is 1.28 bits per heavy atom. The molecular weight excluding hydrogens is 394 g/mol. The molecule has 4 rings (SSSR count). The molecule has 2 unspecified atom stereocenters.